The first kappa shape index (κ1) is 17.9. The van der Waals surface area contributed by atoms with Gasteiger partial charge in [-0.3, -0.25) is 9.89 Å². The molecule has 1 fully saturated rings. The molecule has 0 radical (unpaired) electrons. The third kappa shape index (κ3) is 4.19. The molecule has 26 heavy (non-hydrogen) atoms. The molecule has 2 aromatic rings. The van der Waals surface area contributed by atoms with E-state index in [0.29, 0.717) is 11.5 Å². The molecule has 0 bridgehead atoms. The Morgan fingerprint density at radius 2 is 2.19 bits per heavy atom. The van der Waals surface area contributed by atoms with Crippen LogP contribution in [0.15, 0.2) is 12.3 Å². The van der Waals surface area contributed by atoms with E-state index >= 15 is 0 Å². The third-order valence-electron chi connectivity index (χ3n) is 4.32. The van der Waals surface area contributed by atoms with E-state index in [0.717, 1.165) is 25.0 Å². The van der Waals surface area contributed by atoms with Gasteiger partial charge in [0.05, 0.1) is 12.3 Å². The van der Waals surface area contributed by atoms with Gasteiger partial charge >= 0.3 is 6.09 Å². The van der Waals surface area contributed by atoms with Crippen LogP contribution in [0.25, 0.3) is 0 Å². The van der Waals surface area contributed by atoms with Gasteiger partial charge in [-0.1, -0.05) is 5.21 Å². The number of aryl methyl sites for hydroxylation is 1. The summed E-state index contributed by atoms with van der Waals surface area (Å²) < 4.78 is 6.51. The van der Waals surface area contributed by atoms with E-state index in [1.807, 2.05) is 19.9 Å². The summed E-state index contributed by atoms with van der Waals surface area (Å²) in [6, 6.07) is 1.90. The Balaban J connectivity index is 1.54. The van der Waals surface area contributed by atoms with Crippen LogP contribution in [0, 0.1) is 0 Å². The van der Waals surface area contributed by atoms with Crippen molar-refractivity contribution in [3.63, 3.8) is 0 Å². The monoisotopic (exact) mass is 361 g/mol. The molecular weight excluding hydrogens is 338 g/mol. The number of amides is 2. The summed E-state index contributed by atoms with van der Waals surface area (Å²) in [6.45, 7) is 3.64. The molecule has 0 spiro atoms. The van der Waals surface area contributed by atoms with E-state index in [1.165, 1.54) is 10.9 Å². The molecule has 0 saturated heterocycles. The fraction of sp³-hybridized carbons (Fsp3) is 0.562. The molecule has 3 rings (SSSR count). The second-order valence-corrected chi connectivity index (χ2v) is 6.71. The minimum absolute atomic E-state index is 0.0770. The first-order valence-corrected chi connectivity index (χ1v) is 8.61. The summed E-state index contributed by atoms with van der Waals surface area (Å²) in [5.74, 6) is 0.371. The van der Waals surface area contributed by atoms with Crippen LogP contribution < -0.4 is 10.6 Å². The largest absolute Gasteiger partial charge is 0.447 e. The molecule has 1 saturated carbocycles. The first-order chi connectivity index (χ1) is 12.4. The highest BCUT2D eigenvalue weighted by Gasteiger charge is 2.29. The number of ether oxygens (including phenoxy) is 1. The lowest BCUT2D eigenvalue weighted by Crippen LogP contribution is -2.34. The van der Waals surface area contributed by atoms with Crippen molar-refractivity contribution in [1.29, 1.82) is 0 Å². The van der Waals surface area contributed by atoms with Crippen molar-refractivity contribution >= 4 is 17.8 Å². The van der Waals surface area contributed by atoms with Crippen molar-refractivity contribution < 1.29 is 14.3 Å². The number of aromatic amines is 1. The summed E-state index contributed by atoms with van der Waals surface area (Å²) in [4.78, 5) is 23.9. The van der Waals surface area contributed by atoms with Crippen molar-refractivity contribution in [3.8, 4) is 0 Å². The number of anilines is 1. The van der Waals surface area contributed by atoms with E-state index in [1.54, 1.807) is 7.05 Å². The molecule has 2 atom stereocenters. The summed E-state index contributed by atoms with van der Waals surface area (Å²) in [5.41, 5.74) is 1.29. The number of hydrogen-bond donors (Lipinski definition) is 3. The minimum atomic E-state index is -0.381. The highest BCUT2D eigenvalue weighted by Crippen LogP contribution is 2.34. The normalized spacial score (nSPS) is 19.5. The second kappa shape index (κ2) is 7.54. The number of alkyl carbamates (subject to hydrolysis) is 1. The smallest absolute Gasteiger partial charge is 0.407 e. The van der Waals surface area contributed by atoms with Gasteiger partial charge in [0, 0.05) is 30.8 Å². The quantitative estimate of drug-likeness (QED) is 0.742. The highest BCUT2D eigenvalue weighted by molar-refractivity contribution is 6.02. The molecule has 1 aliphatic carbocycles. The van der Waals surface area contributed by atoms with E-state index in [9.17, 15) is 9.59 Å². The molecule has 0 aromatic carbocycles. The number of H-pyrrole nitrogens is 1. The summed E-state index contributed by atoms with van der Waals surface area (Å²) in [6.07, 6.45) is 3.47. The van der Waals surface area contributed by atoms with E-state index in [-0.39, 0.29) is 30.1 Å². The Bertz CT molecular complexity index is 782. The number of carbonyl (C=O) groups is 2. The van der Waals surface area contributed by atoms with Crippen LogP contribution in [0.3, 0.4) is 0 Å². The van der Waals surface area contributed by atoms with Crippen molar-refractivity contribution in [1.82, 2.24) is 30.5 Å². The van der Waals surface area contributed by atoms with Crippen LogP contribution in [0.1, 0.15) is 55.2 Å². The lowest BCUT2D eigenvalue weighted by Gasteiger charge is -2.14. The molecule has 2 heterocycles. The molecule has 2 amide bonds. The second-order valence-electron chi connectivity index (χ2n) is 6.71. The van der Waals surface area contributed by atoms with Crippen LogP contribution in [0.4, 0.5) is 10.6 Å². The zero-order chi connectivity index (χ0) is 18.7. The maximum atomic E-state index is 12.2. The molecule has 3 N–H and O–H groups in total. The van der Waals surface area contributed by atoms with Crippen molar-refractivity contribution in [2.75, 3.05) is 5.32 Å². The van der Waals surface area contributed by atoms with Gasteiger partial charge in [0.2, 0.25) is 0 Å². The number of hydrogen-bond acceptors (Lipinski definition) is 6. The number of rotatable bonds is 5. The zero-order valence-electron chi connectivity index (χ0n) is 15.0. The Morgan fingerprint density at radius 3 is 2.88 bits per heavy atom. The van der Waals surface area contributed by atoms with Crippen molar-refractivity contribution in [2.24, 2.45) is 7.05 Å². The van der Waals surface area contributed by atoms with Crippen molar-refractivity contribution in [2.45, 2.75) is 51.2 Å². The number of nitrogens with zero attached hydrogens (tertiary/aromatic N) is 4. The van der Waals surface area contributed by atoms with Gasteiger partial charge in [0.25, 0.3) is 5.91 Å². The fourth-order valence-corrected chi connectivity index (χ4v) is 3.10. The minimum Gasteiger partial charge on any atom is -0.447 e. The van der Waals surface area contributed by atoms with Crippen LogP contribution >= 0.6 is 0 Å². The Hall–Kier alpha value is -2.91. The average Bonchev–Trinajstić information content (AvgIpc) is 3.27. The summed E-state index contributed by atoms with van der Waals surface area (Å²) in [5, 5.41) is 20.1. The predicted octanol–water partition coefficient (Wildman–Crippen LogP) is 1.56. The van der Waals surface area contributed by atoms with Gasteiger partial charge in [0.1, 0.15) is 5.69 Å². The molecule has 1 aliphatic rings. The van der Waals surface area contributed by atoms with E-state index in [4.69, 9.17) is 4.74 Å². The maximum absolute atomic E-state index is 12.2. The van der Waals surface area contributed by atoms with Crippen LogP contribution in [-0.4, -0.2) is 49.3 Å². The maximum Gasteiger partial charge on any atom is 0.407 e. The Morgan fingerprint density at radius 1 is 1.38 bits per heavy atom. The Labute approximate surface area is 150 Å². The average molecular weight is 361 g/mol. The van der Waals surface area contributed by atoms with E-state index in [2.05, 4.69) is 31.1 Å². The van der Waals surface area contributed by atoms with Gasteiger partial charge < -0.3 is 15.4 Å². The van der Waals surface area contributed by atoms with Gasteiger partial charge in [-0.15, -0.1) is 5.10 Å². The molecule has 10 heteroatoms. The zero-order valence-corrected chi connectivity index (χ0v) is 15.0. The van der Waals surface area contributed by atoms with Gasteiger partial charge in [-0.2, -0.15) is 5.10 Å². The molecular formula is C16H23N7O3. The van der Waals surface area contributed by atoms with Crippen LogP contribution in [0.5, 0.6) is 0 Å². The van der Waals surface area contributed by atoms with Gasteiger partial charge in [0.15, 0.2) is 5.82 Å². The summed E-state index contributed by atoms with van der Waals surface area (Å²) >= 11 is 0. The topological polar surface area (TPSA) is 127 Å². The molecule has 0 aliphatic heterocycles. The highest BCUT2D eigenvalue weighted by atomic mass is 16.6. The SMILES string of the molecule is CC(C)OC(=O)NC1CCC(c2cc(NC(=O)c3cnnn3C)n[nH]2)C1. The fourth-order valence-electron chi connectivity index (χ4n) is 3.10. The van der Waals surface area contributed by atoms with Crippen LogP contribution in [0.2, 0.25) is 0 Å². The van der Waals surface area contributed by atoms with Crippen molar-refractivity contribution in [3.05, 3.63) is 23.7 Å². The molecule has 2 unspecified atom stereocenters. The molecule has 2 aromatic heterocycles. The van der Waals surface area contributed by atoms with Crippen LogP contribution in [-0.2, 0) is 11.8 Å². The first-order valence-electron chi connectivity index (χ1n) is 8.61. The standard InChI is InChI=1S/C16H23N7O3/c1-9(2)26-16(25)18-11-5-4-10(6-11)12-7-14(21-20-12)19-15(24)13-8-17-22-23(13)3/h7-11H,4-6H2,1-3H3,(H,18,25)(H2,19,20,21,24). The number of aromatic nitrogens is 5. The molecule has 140 valence electrons. The number of carbonyl (C=O) groups excluding carboxylic acids is 2. The molecule has 10 nitrogen and oxygen atoms in total. The lowest BCUT2D eigenvalue weighted by molar-refractivity contribution is 0.101. The number of nitrogens with one attached hydrogen (secondary N) is 3. The van der Waals surface area contributed by atoms with Gasteiger partial charge in [-0.05, 0) is 33.1 Å². The summed E-state index contributed by atoms with van der Waals surface area (Å²) in [7, 11) is 1.65. The Kier molecular flexibility index (Phi) is 5.19. The predicted molar refractivity (Wildman–Crippen MR) is 92.7 cm³/mol. The van der Waals surface area contributed by atoms with Gasteiger partial charge in [-0.25, -0.2) is 9.48 Å². The lowest BCUT2D eigenvalue weighted by atomic mass is 10.0. The van der Waals surface area contributed by atoms with E-state index < -0.39 is 0 Å². The third-order valence-corrected chi connectivity index (χ3v) is 4.32.